The molecule has 0 fully saturated rings. The Kier molecular flexibility index (Phi) is 3.40. The summed E-state index contributed by atoms with van der Waals surface area (Å²) in [5.41, 5.74) is 1.04. The van der Waals surface area contributed by atoms with Crippen LogP contribution < -0.4 is 5.32 Å². The monoisotopic (exact) mass is 248 g/mol. The summed E-state index contributed by atoms with van der Waals surface area (Å²) < 4.78 is 3.27. The van der Waals surface area contributed by atoms with Gasteiger partial charge >= 0.3 is 0 Å². The number of hydrogen-bond donors (Lipinski definition) is 1. The maximum absolute atomic E-state index is 11.7. The van der Waals surface area contributed by atoms with Crippen molar-refractivity contribution in [3.8, 4) is 0 Å². The quantitative estimate of drug-likeness (QED) is 0.851. The van der Waals surface area contributed by atoms with Crippen LogP contribution in [0.4, 0.5) is 5.95 Å². The van der Waals surface area contributed by atoms with Crippen molar-refractivity contribution < 1.29 is 4.79 Å². The molecule has 0 aromatic carbocycles. The third-order valence-corrected chi connectivity index (χ3v) is 2.52. The van der Waals surface area contributed by atoms with E-state index in [1.807, 2.05) is 13.2 Å². The Balaban J connectivity index is 1.87. The average molecular weight is 248 g/mol. The summed E-state index contributed by atoms with van der Waals surface area (Å²) in [7, 11) is 3.60. The van der Waals surface area contributed by atoms with Gasteiger partial charge in [0, 0.05) is 26.7 Å². The van der Waals surface area contributed by atoms with Gasteiger partial charge in [-0.15, -0.1) is 0 Å². The minimum Gasteiger partial charge on any atom is -0.295 e. The van der Waals surface area contributed by atoms with Crippen LogP contribution in [0.1, 0.15) is 17.8 Å². The van der Waals surface area contributed by atoms with Gasteiger partial charge in [-0.05, 0) is 18.9 Å². The van der Waals surface area contributed by atoms with Gasteiger partial charge in [-0.2, -0.15) is 15.2 Å². The first kappa shape index (κ1) is 12.3. The Morgan fingerprint density at radius 3 is 2.78 bits per heavy atom. The Labute approximate surface area is 105 Å². The lowest BCUT2D eigenvalue weighted by atomic mass is 10.2. The molecule has 0 aliphatic carbocycles. The van der Waals surface area contributed by atoms with Crippen molar-refractivity contribution in [1.29, 1.82) is 0 Å². The molecule has 0 radical (unpaired) electrons. The summed E-state index contributed by atoms with van der Waals surface area (Å²) in [6, 6.07) is 0. The van der Waals surface area contributed by atoms with Crippen LogP contribution in [0.15, 0.2) is 12.4 Å². The molecule has 0 saturated heterocycles. The molecule has 2 aromatic heterocycles. The molecule has 96 valence electrons. The predicted molar refractivity (Wildman–Crippen MR) is 65.9 cm³/mol. The minimum absolute atomic E-state index is 0.0747. The van der Waals surface area contributed by atoms with E-state index in [1.54, 1.807) is 29.5 Å². The van der Waals surface area contributed by atoms with E-state index >= 15 is 0 Å². The summed E-state index contributed by atoms with van der Waals surface area (Å²) >= 11 is 0. The van der Waals surface area contributed by atoms with E-state index in [0.29, 0.717) is 24.6 Å². The third-order valence-electron chi connectivity index (χ3n) is 2.52. The van der Waals surface area contributed by atoms with Gasteiger partial charge < -0.3 is 0 Å². The van der Waals surface area contributed by atoms with Crippen LogP contribution in [0.3, 0.4) is 0 Å². The van der Waals surface area contributed by atoms with Crippen LogP contribution in [0.25, 0.3) is 0 Å². The van der Waals surface area contributed by atoms with Crippen molar-refractivity contribution >= 4 is 11.9 Å². The van der Waals surface area contributed by atoms with E-state index in [-0.39, 0.29) is 5.91 Å². The second kappa shape index (κ2) is 4.99. The largest absolute Gasteiger partial charge is 0.295 e. The molecule has 2 aromatic rings. The molecule has 2 rings (SSSR count). The lowest BCUT2D eigenvalue weighted by Crippen LogP contribution is -2.15. The molecule has 7 nitrogen and oxygen atoms in total. The maximum Gasteiger partial charge on any atom is 0.227 e. The number of aryl methyl sites for hydroxylation is 4. The van der Waals surface area contributed by atoms with E-state index in [1.165, 1.54) is 0 Å². The van der Waals surface area contributed by atoms with Crippen molar-refractivity contribution in [3.63, 3.8) is 0 Å². The highest BCUT2D eigenvalue weighted by Gasteiger charge is 2.09. The molecular weight excluding hydrogens is 232 g/mol. The first-order valence-electron chi connectivity index (χ1n) is 5.69. The topological polar surface area (TPSA) is 77.6 Å². The van der Waals surface area contributed by atoms with Crippen LogP contribution in [0.2, 0.25) is 0 Å². The molecular formula is C11H16N6O. The van der Waals surface area contributed by atoms with Gasteiger partial charge in [0.2, 0.25) is 11.9 Å². The summed E-state index contributed by atoms with van der Waals surface area (Å²) in [6.45, 7) is 1.78. The zero-order chi connectivity index (χ0) is 13.1. The number of nitrogens with zero attached hydrogens (tertiary/aromatic N) is 5. The summed E-state index contributed by atoms with van der Waals surface area (Å²) in [6.07, 6.45) is 4.73. The first-order chi connectivity index (χ1) is 8.54. The Morgan fingerprint density at radius 1 is 1.44 bits per heavy atom. The van der Waals surface area contributed by atoms with Crippen molar-refractivity contribution in [2.45, 2.75) is 19.8 Å². The Hall–Kier alpha value is -2.18. The first-order valence-corrected chi connectivity index (χ1v) is 5.69. The highest BCUT2D eigenvalue weighted by molar-refractivity contribution is 5.89. The molecule has 0 unspecified atom stereocenters. The van der Waals surface area contributed by atoms with Gasteiger partial charge in [-0.3, -0.25) is 14.8 Å². The van der Waals surface area contributed by atoms with Crippen LogP contribution >= 0.6 is 0 Å². The van der Waals surface area contributed by atoms with Crippen LogP contribution in [-0.4, -0.2) is 30.5 Å². The number of aromatic nitrogens is 5. The number of anilines is 1. The third kappa shape index (κ3) is 2.93. The van der Waals surface area contributed by atoms with Gasteiger partial charge in [0.05, 0.1) is 6.20 Å². The van der Waals surface area contributed by atoms with Crippen molar-refractivity contribution in [2.75, 3.05) is 5.32 Å². The standard InChI is InChI=1S/C11H16N6O/c1-8-13-11(17(3)15-8)14-10(18)5-4-9-6-12-16(2)7-9/h6-7H,4-5H2,1-3H3,(H,13,14,15,18). The molecule has 0 atom stereocenters. The molecule has 1 N–H and O–H groups in total. The fourth-order valence-electron chi connectivity index (χ4n) is 1.67. The number of hydrogen-bond acceptors (Lipinski definition) is 4. The normalized spacial score (nSPS) is 10.6. The van der Waals surface area contributed by atoms with E-state index in [4.69, 9.17) is 0 Å². The number of nitrogens with one attached hydrogen (secondary N) is 1. The number of carbonyl (C=O) groups excluding carboxylic acids is 1. The highest BCUT2D eigenvalue weighted by Crippen LogP contribution is 2.05. The van der Waals surface area contributed by atoms with Crippen LogP contribution in [-0.2, 0) is 25.3 Å². The molecule has 7 heteroatoms. The average Bonchev–Trinajstić information content (AvgIpc) is 2.83. The Bertz CT molecular complexity index is 556. The second-order valence-corrected chi connectivity index (χ2v) is 4.18. The van der Waals surface area contributed by atoms with Crippen molar-refractivity contribution in [3.05, 3.63) is 23.8 Å². The molecule has 0 bridgehead atoms. The van der Waals surface area contributed by atoms with Gasteiger partial charge in [-0.25, -0.2) is 4.68 Å². The molecule has 2 heterocycles. The fraction of sp³-hybridized carbons (Fsp3) is 0.455. The van der Waals surface area contributed by atoms with E-state index < -0.39 is 0 Å². The lowest BCUT2D eigenvalue weighted by Gasteiger charge is -2.02. The van der Waals surface area contributed by atoms with Gasteiger partial charge in [0.15, 0.2) is 0 Å². The van der Waals surface area contributed by atoms with Gasteiger partial charge in [-0.1, -0.05) is 0 Å². The zero-order valence-electron chi connectivity index (χ0n) is 10.7. The summed E-state index contributed by atoms with van der Waals surface area (Å²) in [5, 5.41) is 10.8. The fourth-order valence-corrected chi connectivity index (χ4v) is 1.67. The SMILES string of the molecule is Cc1nc(NC(=O)CCc2cnn(C)c2)n(C)n1. The van der Waals surface area contributed by atoms with Crippen molar-refractivity contribution in [1.82, 2.24) is 24.5 Å². The van der Waals surface area contributed by atoms with E-state index in [9.17, 15) is 4.79 Å². The van der Waals surface area contributed by atoms with Crippen LogP contribution in [0.5, 0.6) is 0 Å². The summed E-state index contributed by atoms with van der Waals surface area (Å²) in [4.78, 5) is 15.8. The lowest BCUT2D eigenvalue weighted by molar-refractivity contribution is -0.116. The van der Waals surface area contributed by atoms with Crippen LogP contribution in [0, 0.1) is 6.92 Å². The minimum atomic E-state index is -0.0747. The van der Waals surface area contributed by atoms with E-state index in [0.717, 1.165) is 5.56 Å². The summed E-state index contributed by atoms with van der Waals surface area (Å²) in [5.74, 6) is 1.04. The van der Waals surface area contributed by atoms with Gasteiger partial charge in [0.25, 0.3) is 0 Å². The Morgan fingerprint density at radius 2 is 2.22 bits per heavy atom. The zero-order valence-corrected chi connectivity index (χ0v) is 10.7. The molecule has 18 heavy (non-hydrogen) atoms. The second-order valence-electron chi connectivity index (χ2n) is 4.18. The molecule has 0 aliphatic rings. The number of amides is 1. The number of rotatable bonds is 4. The van der Waals surface area contributed by atoms with E-state index in [2.05, 4.69) is 20.5 Å². The molecule has 0 saturated carbocycles. The number of carbonyl (C=O) groups is 1. The van der Waals surface area contributed by atoms with Gasteiger partial charge in [0.1, 0.15) is 5.82 Å². The predicted octanol–water partition coefficient (Wildman–Crippen LogP) is 0.428. The highest BCUT2D eigenvalue weighted by atomic mass is 16.1. The van der Waals surface area contributed by atoms with Crippen molar-refractivity contribution in [2.24, 2.45) is 14.1 Å². The molecule has 0 aliphatic heterocycles. The molecule has 0 spiro atoms. The maximum atomic E-state index is 11.7. The molecule has 1 amide bonds. The smallest absolute Gasteiger partial charge is 0.227 e.